The zero-order chi connectivity index (χ0) is 13.2. The number of aromatic nitrogens is 3. The molecule has 2 rings (SSSR count). The Morgan fingerprint density at radius 1 is 1.39 bits per heavy atom. The molecule has 2 aromatic rings. The molecule has 2 heterocycles. The third-order valence-electron chi connectivity index (χ3n) is 3.17. The minimum atomic E-state index is -0.579. The van der Waals surface area contributed by atoms with Gasteiger partial charge in [-0.15, -0.1) is 0 Å². The Hall–Kier alpha value is -1.75. The summed E-state index contributed by atoms with van der Waals surface area (Å²) in [5.41, 5.74) is 7.56. The summed E-state index contributed by atoms with van der Waals surface area (Å²) in [5.74, 6) is 1.05. The van der Waals surface area contributed by atoms with Crippen LogP contribution in [-0.2, 0) is 12.0 Å². The number of nitrogens with two attached hydrogens (primary N) is 1. The summed E-state index contributed by atoms with van der Waals surface area (Å²) in [6.45, 7) is 5.95. The molecule has 5 heteroatoms. The fourth-order valence-electron chi connectivity index (χ4n) is 1.64. The van der Waals surface area contributed by atoms with Gasteiger partial charge in [0.25, 0.3) is 0 Å². The van der Waals surface area contributed by atoms with Gasteiger partial charge < -0.3 is 10.3 Å². The minimum Gasteiger partial charge on any atom is -0.337 e. The highest BCUT2D eigenvalue weighted by atomic mass is 16.5. The van der Waals surface area contributed by atoms with Crippen LogP contribution in [0.2, 0.25) is 0 Å². The molecule has 0 aliphatic carbocycles. The first-order valence-corrected chi connectivity index (χ1v) is 6.14. The van der Waals surface area contributed by atoms with Crippen LogP contribution in [0.25, 0.3) is 11.4 Å². The predicted octanol–water partition coefficient (Wildman–Crippen LogP) is 2.28. The van der Waals surface area contributed by atoms with Crippen molar-refractivity contribution in [2.45, 2.75) is 39.2 Å². The maximum absolute atomic E-state index is 6.09. The van der Waals surface area contributed by atoms with E-state index < -0.39 is 5.54 Å². The lowest BCUT2D eigenvalue weighted by Gasteiger charge is -2.16. The first-order chi connectivity index (χ1) is 8.58. The molecule has 0 fully saturated rings. The van der Waals surface area contributed by atoms with Crippen molar-refractivity contribution in [2.75, 3.05) is 0 Å². The molecule has 5 nitrogen and oxygen atoms in total. The lowest BCUT2D eigenvalue weighted by molar-refractivity contribution is 0.291. The van der Waals surface area contributed by atoms with Crippen LogP contribution in [0.15, 0.2) is 23.0 Å². The number of hydrogen-bond donors (Lipinski definition) is 1. The van der Waals surface area contributed by atoms with E-state index in [0.717, 1.165) is 24.0 Å². The van der Waals surface area contributed by atoms with Crippen molar-refractivity contribution < 1.29 is 4.52 Å². The Bertz CT molecular complexity index is 533. The van der Waals surface area contributed by atoms with Crippen LogP contribution in [0.5, 0.6) is 0 Å². The van der Waals surface area contributed by atoms with E-state index in [2.05, 4.69) is 22.0 Å². The van der Waals surface area contributed by atoms with E-state index in [1.807, 2.05) is 26.1 Å². The number of rotatable bonds is 4. The van der Waals surface area contributed by atoms with E-state index in [0.29, 0.717) is 11.7 Å². The Balaban J connectivity index is 2.41. The fourth-order valence-corrected chi connectivity index (χ4v) is 1.64. The van der Waals surface area contributed by atoms with Crippen molar-refractivity contribution in [3.05, 3.63) is 29.9 Å². The molecule has 0 amide bonds. The molecule has 0 saturated carbocycles. The van der Waals surface area contributed by atoms with Gasteiger partial charge in [0, 0.05) is 18.0 Å². The normalized spacial score (nSPS) is 14.4. The van der Waals surface area contributed by atoms with Crippen LogP contribution in [0, 0.1) is 0 Å². The van der Waals surface area contributed by atoms with Crippen molar-refractivity contribution >= 4 is 0 Å². The summed E-state index contributed by atoms with van der Waals surface area (Å²) < 4.78 is 5.27. The highest BCUT2D eigenvalue weighted by molar-refractivity contribution is 5.58. The van der Waals surface area contributed by atoms with Gasteiger partial charge in [-0.2, -0.15) is 4.98 Å². The monoisotopic (exact) mass is 246 g/mol. The van der Waals surface area contributed by atoms with Crippen LogP contribution in [0.4, 0.5) is 0 Å². The quantitative estimate of drug-likeness (QED) is 0.895. The Labute approximate surface area is 106 Å². The molecule has 96 valence electrons. The molecule has 18 heavy (non-hydrogen) atoms. The van der Waals surface area contributed by atoms with E-state index in [1.54, 1.807) is 6.20 Å². The average molecular weight is 246 g/mol. The third-order valence-corrected chi connectivity index (χ3v) is 3.17. The molecule has 0 bridgehead atoms. The smallest absolute Gasteiger partial charge is 0.246 e. The van der Waals surface area contributed by atoms with E-state index in [1.165, 1.54) is 0 Å². The van der Waals surface area contributed by atoms with Gasteiger partial charge in [-0.1, -0.05) is 19.0 Å². The molecule has 0 saturated heterocycles. The summed E-state index contributed by atoms with van der Waals surface area (Å²) in [5, 5.41) is 4.02. The summed E-state index contributed by atoms with van der Waals surface area (Å²) in [6.07, 6.45) is 5.17. The largest absolute Gasteiger partial charge is 0.337 e. The Morgan fingerprint density at radius 3 is 2.83 bits per heavy atom. The second-order valence-electron chi connectivity index (χ2n) is 4.58. The summed E-state index contributed by atoms with van der Waals surface area (Å²) >= 11 is 0. The second kappa shape index (κ2) is 4.86. The molecule has 1 unspecified atom stereocenters. The van der Waals surface area contributed by atoms with Gasteiger partial charge >= 0.3 is 0 Å². The Morgan fingerprint density at radius 2 is 2.17 bits per heavy atom. The van der Waals surface area contributed by atoms with Crippen LogP contribution in [0.3, 0.4) is 0 Å². The average Bonchev–Trinajstić information content (AvgIpc) is 2.89. The maximum Gasteiger partial charge on any atom is 0.246 e. The van der Waals surface area contributed by atoms with Crippen LogP contribution < -0.4 is 5.73 Å². The van der Waals surface area contributed by atoms with Gasteiger partial charge in [-0.3, -0.25) is 4.98 Å². The number of pyridine rings is 1. The highest BCUT2D eigenvalue weighted by Gasteiger charge is 2.26. The SMILES string of the molecule is CCc1cnccc1-c1noc(C(C)(N)CC)n1. The minimum absolute atomic E-state index is 0.471. The summed E-state index contributed by atoms with van der Waals surface area (Å²) in [4.78, 5) is 8.50. The first kappa shape index (κ1) is 12.7. The molecule has 2 aromatic heterocycles. The van der Waals surface area contributed by atoms with Crippen molar-refractivity contribution in [2.24, 2.45) is 5.73 Å². The topological polar surface area (TPSA) is 77.8 Å². The number of aryl methyl sites for hydroxylation is 1. The van der Waals surface area contributed by atoms with Crippen LogP contribution in [-0.4, -0.2) is 15.1 Å². The standard InChI is InChI=1S/C13H18N4O/c1-4-9-8-15-7-6-10(9)11-16-12(18-17-11)13(3,14)5-2/h6-8H,4-5,14H2,1-3H3. The zero-order valence-electron chi connectivity index (χ0n) is 11.0. The van der Waals surface area contributed by atoms with Crippen molar-refractivity contribution in [1.82, 2.24) is 15.1 Å². The van der Waals surface area contributed by atoms with Gasteiger partial charge in [0.05, 0.1) is 5.54 Å². The molecule has 1 atom stereocenters. The zero-order valence-corrected chi connectivity index (χ0v) is 11.0. The fraction of sp³-hybridized carbons (Fsp3) is 0.462. The van der Waals surface area contributed by atoms with Gasteiger partial charge in [0.2, 0.25) is 11.7 Å². The predicted molar refractivity (Wildman–Crippen MR) is 68.7 cm³/mol. The van der Waals surface area contributed by atoms with Crippen LogP contribution in [0.1, 0.15) is 38.6 Å². The maximum atomic E-state index is 6.09. The van der Waals surface area contributed by atoms with Gasteiger partial charge in [-0.25, -0.2) is 0 Å². The Kier molecular flexibility index (Phi) is 3.43. The first-order valence-electron chi connectivity index (χ1n) is 6.14. The van der Waals surface area contributed by atoms with E-state index in [-0.39, 0.29) is 0 Å². The number of hydrogen-bond acceptors (Lipinski definition) is 5. The van der Waals surface area contributed by atoms with E-state index in [9.17, 15) is 0 Å². The molecule has 0 aliphatic rings. The molecule has 2 N–H and O–H groups in total. The van der Waals surface area contributed by atoms with Crippen molar-refractivity contribution in [1.29, 1.82) is 0 Å². The van der Waals surface area contributed by atoms with Gasteiger partial charge in [-0.05, 0) is 31.4 Å². The third kappa shape index (κ3) is 2.26. The summed E-state index contributed by atoms with van der Waals surface area (Å²) in [6, 6.07) is 1.90. The van der Waals surface area contributed by atoms with Gasteiger partial charge in [0.15, 0.2) is 0 Å². The molecule has 0 aliphatic heterocycles. The van der Waals surface area contributed by atoms with Crippen molar-refractivity contribution in [3.63, 3.8) is 0 Å². The van der Waals surface area contributed by atoms with E-state index in [4.69, 9.17) is 10.3 Å². The highest BCUT2D eigenvalue weighted by Crippen LogP contribution is 2.25. The lowest BCUT2D eigenvalue weighted by Crippen LogP contribution is -2.32. The summed E-state index contributed by atoms with van der Waals surface area (Å²) in [7, 11) is 0. The van der Waals surface area contributed by atoms with Crippen molar-refractivity contribution in [3.8, 4) is 11.4 Å². The second-order valence-corrected chi connectivity index (χ2v) is 4.58. The lowest BCUT2D eigenvalue weighted by atomic mass is 10.0. The molecule has 0 spiro atoms. The van der Waals surface area contributed by atoms with Crippen LogP contribution >= 0.6 is 0 Å². The number of nitrogens with zero attached hydrogens (tertiary/aromatic N) is 3. The molecule has 0 radical (unpaired) electrons. The molecule has 0 aromatic carbocycles. The van der Waals surface area contributed by atoms with Gasteiger partial charge in [0.1, 0.15) is 0 Å². The van der Waals surface area contributed by atoms with E-state index >= 15 is 0 Å². The molecular weight excluding hydrogens is 228 g/mol. The molecular formula is C13H18N4O.